The quantitative estimate of drug-likeness (QED) is 0.776. The molecule has 5 heteroatoms. The van der Waals surface area contributed by atoms with Crippen LogP contribution in [0.2, 0.25) is 0 Å². The van der Waals surface area contributed by atoms with E-state index in [9.17, 15) is 13.2 Å². The van der Waals surface area contributed by atoms with Crippen LogP contribution in [0.1, 0.15) is 12.0 Å². The Labute approximate surface area is 84.9 Å². The summed E-state index contributed by atoms with van der Waals surface area (Å²) in [6, 6.07) is 8.01. The zero-order chi connectivity index (χ0) is 11.3. The highest BCUT2D eigenvalue weighted by Gasteiger charge is 2.26. The van der Waals surface area contributed by atoms with Crippen molar-refractivity contribution in [2.75, 3.05) is 6.61 Å². The molecule has 0 aliphatic heterocycles. The number of nitriles is 1. The molecule has 1 aromatic carbocycles. The van der Waals surface area contributed by atoms with Crippen LogP contribution >= 0.6 is 0 Å². The molecule has 0 saturated heterocycles. The Balaban J connectivity index is 2.55. The first kappa shape index (κ1) is 11.4. The van der Waals surface area contributed by atoms with Crippen molar-refractivity contribution in [3.63, 3.8) is 0 Å². The molecule has 0 spiro atoms. The normalized spacial score (nSPS) is 10.8. The first-order valence-corrected chi connectivity index (χ1v) is 4.21. The first-order valence-electron chi connectivity index (χ1n) is 4.21. The number of ether oxygens (including phenoxy) is 1. The summed E-state index contributed by atoms with van der Waals surface area (Å²) in [6.07, 6.45) is -5.26. The third kappa shape index (κ3) is 3.90. The van der Waals surface area contributed by atoms with Gasteiger partial charge in [-0.05, 0) is 12.1 Å². The summed E-state index contributed by atoms with van der Waals surface area (Å²) in [5.41, 5.74) is 0.236. The van der Waals surface area contributed by atoms with Gasteiger partial charge >= 0.3 is 6.18 Å². The van der Waals surface area contributed by atoms with Crippen LogP contribution in [0.25, 0.3) is 0 Å². The number of halogens is 3. The fourth-order valence-corrected chi connectivity index (χ4v) is 0.962. The highest BCUT2D eigenvalue weighted by molar-refractivity contribution is 5.42. The van der Waals surface area contributed by atoms with E-state index in [0.717, 1.165) is 0 Å². The average molecular weight is 215 g/mol. The van der Waals surface area contributed by atoms with E-state index in [2.05, 4.69) is 0 Å². The summed E-state index contributed by atoms with van der Waals surface area (Å²) in [6.45, 7) is -0.470. The Morgan fingerprint density at radius 1 is 1.27 bits per heavy atom. The van der Waals surface area contributed by atoms with E-state index < -0.39 is 19.2 Å². The molecule has 0 aliphatic carbocycles. The Hall–Kier alpha value is -1.70. The van der Waals surface area contributed by atoms with Crippen molar-refractivity contribution < 1.29 is 17.9 Å². The molecule has 0 aliphatic rings. The second kappa shape index (κ2) is 4.69. The fraction of sp³-hybridized carbons (Fsp3) is 0.300. The Kier molecular flexibility index (Phi) is 3.56. The van der Waals surface area contributed by atoms with Crippen LogP contribution in [-0.2, 0) is 0 Å². The van der Waals surface area contributed by atoms with Gasteiger partial charge in [0.15, 0.2) is 0 Å². The largest absolute Gasteiger partial charge is 0.492 e. The van der Waals surface area contributed by atoms with Gasteiger partial charge in [0.25, 0.3) is 0 Å². The summed E-state index contributed by atoms with van der Waals surface area (Å²) in [5.74, 6) is 0.184. The number of alkyl halides is 3. The van der Waals surface area contributed by atoms with Crippen molar-refractivity contribution in [2.45, 2.75) is 12.6 Å². The van der Waals surface area contributed by atoms with E-state index in [1.54, 1.807) is 12.1 Å². The molecule has 1 rings (SSSR count). The topological polar surface area (TPSA) is 33.0 Å². The van der Waals surface area contributed by atoms with Crippen LogP contribution in [0.5, 0.6) is 5.75 Å². The predicted molar refractivity (Wildman–Crippen MR) is 47.3 cm³/mol. The van der Waals surface area contributed by atoms with Crippen LogP contribution in [0, 0.1) is 11.3 Å². The van der Waals surface area contributed by atoms with Gasteiger partial charge in [-0.25, -0.2) is 0 Å². The standard InChI is InChI=1S/C10H8F3NO/c11-10(12,13)5-6-15-9-4-2-1-3-8(9)7-14/h1-4H,5-6H2. The van der Waals surface area contributed by atoms with Crippen molar-refractivity contribution in [2.24, 2.45) is 0 Å². The molecule has 0 radical (unpaired) electrons. The van der Waals surface area contributed by atoms with E-state index in [4.69, 9.17) is 10.00 Å². The van der Waals surface area contributed by atoms with Crippen molar-refractivity contribution in [1.29, 1.82) is 5.26 Å². The molecule has 0 bridgehead atoms. The molecule has 15 heavy (non-hydrogen) atoms. The minimum absolute atomic E-state index is 0.184. The lowest BCUT2D eigenvalue weighted by Gasteiger charge is -2.09. The average Bonchev–Trinajstić information content (AvgIpc) is 2.16. The van der Waals surface area contributed by atoms with Crippen LogP contribution < -0.4 is 4.74 Å². The molecular formula is C10H8F3NO. The monoisotopic (exact) mass is 215 g/mol. The van der Waals surface area contributed by atoms with E-state index in [1.165, 1.54) is 12.1 Å². The van der Waals surface area contributed by atoms with E-state index >= 15 is 0 Å². The summed E-state index contributed by atoms with van der Waals surface area (Å²) in [4.78, 5) is 0. The van der Waals surface area contributed by atoms with Crippen LogP contribution in [0.4, 0.5) is 13.2 Å². The molecule has 0 fully saturated rings. The predicted octanol–water partition coefficient (Wildman–Crippen LogP) is 2.89. The fourth-order valence-electron chi connectivity index (χ4n) is 0.962. The van der Waals surface area contributed by atoms with Gasteiger partial charge in [-0.2, -0.15) is 18.4 Å². The number of para-hydroxylation sites is 1. The highest BCUT2D eigenvalue weighted by Crippen LogP contribution is 2.21. The smallest absolute Gasteiger partial charge is 0.392 e. The summed E-state index contributed by atoms with van der Waals surface area (Å²) < 4.78 is 40.2. The maximum atomic E-state index is 11.8. The van der Waals surface area contributed by atoms with Gasteiger partial charge in [0.05, 0.1) is 18.6 Å². The van der Waals surface area contributed by atoms with Crippen LogP contribution in [-0.4, -0.2) is 12.8 Å². The molecule has 0 aromatic heterocycles. The van der Waals surface area contributed by atoms with Gasteiger partial charge < -0.3 is 4.74 Å². The van der Waals surface area contributed by atoms with E-state index in [0.29, 0.717) is 0 Å². The van der Waals surface area contributed by atoms with Crippen molar-refractivity contribution >= 4 is 0 Å². The lowest BCUT2D eigenvalue weighted by atomic mass is 10.2. The number of rotatable bonds is 3. The van der Waals surface area contributed by atoms with Crippen molar-refractivity contribution in [3.8, 4) is 11.8 Å². The van der Waals surface area contributed by atoms with Gasteiger partial charge in [-0.1, -0.05) is 12.1 Å². The Morgan fingerprint density at radius 2 is 1.93 bits per heavy atom. The number of hydrogen-bond donors (Lipinski definition) is 0. The maximum absolute atomic E-state index is 11.8. The lowest BCUT2D eigenvalue weighted by Crippen LogP contribution is -2.13. The number of benzene rings is 1. The summed E-state index contributed by atoms with van der Waals surface area (Å²) in [7, 11) is 0. The second-order valence-corrected chi connectivity index (χ2v) is 2.82. The van der Waals surface area contributed by atoms with Gasteiger partial charge in [0.1, 0.15) is 11.8 Å². The summed E-state index contributed by atoms with van der Waals surface area (Å²) in [5, 5.41) is 8.63. The molecule has 1 aromatic rings. The molecule has 0 N–H and O–H groups in total. The molecule has 0 amide bonds. The lowest BCUT2D eigenvalue weighted by molar-refractivity contribution is -0.139. The minimum Gasteiger partial charge on any atom is -0.492 e. The van der Waals surface area contributed by atoms with Crippen molar-refractivity contribution in [3.05, 3.63) is 29.8 Å². The number of hydrogen-bond acceptors (Lipinski definition) is 2. The maximum Gasteiger partial charge on any atom is 0.392 e. The van der Waals surface area contributed by atoms with Gasteiger partial charge in [-0.15, -0.1) is 0 Å². The van der Waals surface area contributed by atoms with Gasteiger partial charge in [0.2, 0.25) is 0 Å². The zero-order valence-corrected chi connectivity index (χ0v) is 7.71. The third-order valence-corrected chi connectivity index (χ3v) is 1.65. The zero-order valence-electron chi connectivity index (χ0n) is 7.71. The third-order valence-electron chi connectivity index (χ3n) is 1.65. The highest BCUT2D eigenvalue weighted by atomic mass is 19.4. The Morgan fingerprint density at radius 3 is 2.53 bits per heavy atom. The molecule has 0 heterocycles. The minimum atomic E-state index is -4.23. The molecule has 0 unspecified atom stereocenters. The van der Waals surface area contributed by atoms with E-state index in [1.807, 2.05) is 6.07 Å². The second-order valence-electron chi connectivity index (χ2n) is 2.82. The van der Waals surface area contributed by atoms with Gasteiger partial charge in [0, 0.05) is 0 Å². The molecule has 0 saturated carbocycles. The molecule has 80 valence electrons. The number of nitrogens with zero attached hydrogens (tertiary/aromatic N) is 1. The summed E-state index contributed by atoms with van der Waals surface area (Å²) >= 11 is 0. The van der Waals surface area contributed by atoms with Crippen molar-refractivity contribution in [1.82, 2.24) is 0 Å². The Bertz CT molecular complexity index is 368. The first-order chi connectivity index (χ1) is 7.03. The molecule has 0 atom stereocenters. The van der Waals surface area contributed by atoms with Gasteiger partial charge in [-0.3, -0.25) is 0 Å². The molecular weight excluding hydrogens is 207 g/mol. The van der Waals surface area contributed by atoms with E-state index in [-0.39, 0.29) is 11.3 Å². The molecule has 2 nitrogen and oxygen atoms in total. The van der Waals surface area contributed by atoms with Crippen LogP contribution in [0.3, 0.4) is 0 Å². The SMILES string of the molecule is N#Cc1ccccc1OCCC(F)(F)F. The van der Waals surface area contributed by atoms with Crippen LogP contribution in [0.15, 0.2) is 24.3 Å².